The molecular weight excluding hydrogens is 196 g/mol. The van der Waals surface area contributed by atoms with Gasteiger partial charge in [0.25, 0.3) is 0 Å². The van der Waals surface area contributed by atoms with Gasteiger partial charge in [-0.1, -0.05) is 0 Å². The van der Waals surface area contributed by atoms with Crippen LogP contribution in [0.25, 0.3) is 0 Å². The van der Waals surface area contributed by atoms with Crippen molar-refractivity contribution in [2.45, 2.75) is 53.8 Å². The molecule has 0 aromatic heterocycles. The summed E-state index contributed by atoms with van der Waals surface area (Å²) in [4.78, 5) is 10.2. The molecule has 0 rings (SSSR count). The van der Waals surface area contributed by atoms with E-state index in [1.807, 2.05) is 27.7 Å². The summed E-state index contributed by atoms with van der Waals surface area (Å²) in [5.41, 5.74) is 0. The van der Waals surface area contributed by atoms with E-state index in [0.717, 1.165) is 0 Å². The molecule has 4 heteroatoms. The lowest BCUT2D eigenvalue weighted by atomic mass is 10.4. The molecule has 0 unspecified atom stereocenters. The molecule has 0 fully saturated rings. The average molecular weight is 220 g/mol. The van der Waals surface area contributed by atoms with Crippen LogP contribution in [0, 0.1) is 0 Å². The lowest BCUT2D eigenvalue weighted by molar-refractivity contribution is 0.0300. The van der Waals surface area contributed by atoms with Crippen molar-refractivity contribution in [3.05, 3.63) is 0 Å². The lowest BCUT2D eigenvalue weighted by Gasteiger charge is -2.09. The van der Waals surface area contributed by atoms with E-state index in [1.54, 1.807) is 13.8 Å². The fourth-order valence-corrected chi connectivity index (χ4v) is 0.822. The molecule has 0 aromatic rings. The third kappa shape index (κ3) is 19.6. The van der Waals surface area contributed by atoms with Crippen molar-refractivity contribution in [3.8, 4) is 0 Å². The maximum absolute atomic E-state index is 10.2. The first kappa shape index (κ1) is 16.7. The van der Waals surface area contributed by atoms with E-state index in [2.05, 4.69) is 9.47 Å². The lowest BCUT2D eigenvalue weighted by Crippen LogP contribution is -2.09. The smallest absolute Gasteiger partial charge is 0.435 e. The molecule has 0 amide bonds. The van der Waals surface area contributed by atoms with Crippen LogP contribution in [0.5, 0.6) is 0 Å². The van der Waals surface area contributed by atoms with Gasteiger partial charge in [0.1, 0.15) is 0 Å². The van der Waals surface area contributed by atoms with Gasteiger partial charge in [0, 0.05) is 0 Å². The van der Waals surface area contributed by atoms with Gasteiger partial charge < -0.3 is 14.2 Å². The maximum Gasteiger partial charge on any atom is 0.508 e. The van der Waals surface area contributed by atoms with E-state index in [9.17, 15) is 4.79 Å². The minimum Gasteiger partial charge on any atom is -0.435 e. The van der Waals surface area contributed by atoms with Crippen LogP contribution < -0.4 is 0 Å². The number of ether oxygens (including phenoxy) is 3. The molecule has 0 bridgehead atoms. The Hall–Kier alpha value is -0.770. The third-order valence-electron chi connectivity index (χ3n) is 1.07. The topological polar surface area (TPSA) is 44.8 Å². The molecule has 0 saturated heterocycles. The Bertz CT molecular complexity index is 130. The Labute approximate surface area is 92.9 Å². The molecule has 0 saturated carbocycles. The normalized spacial score (nSPS) is 9.60. The summed E-state index contributed by atoms with van der Waals surface area (Å²) in [6.45, 7) is 12.4. The second-order valence-corrected chi connectivity index (χ2v) is 3.35. The van der Waals surface area contributed by atoms with Gasteiger partial charge in [-0.2, -0.15) is 0 Å². The second kappa shape index (κ2) is 11.3. The third-order valence-corrected chi connectivity index (χ3v) is 1.07. The zero-order chi connectivity index (χ0) is 12.3. The fraction of sp³-hybridized carbons (Fsp3) is 0.909. The molecule has 0 spiro atoms. The molecule has 15 heavy (non-hydrogen) atoms. The van der Waals surface area contributed by atoms with Crippen LogP contribution >= 0.6 is 0 Å². The van der Waals surface area contributed by atoms with Gasteiger partial charge in [0.05, 0.1) is 25.4 Å². The number of hydrogen-bond acceptors (Lipinski definition) is 4. The minimum absolute atomic E-state index is 0.374. The van der Waals surface area contributed by atoms with Crippen LogP contribution in [-0.2, 0) is 14.2 Å². The Morgan fingerprint density at radius 1 is 0.933 bits per heavy atom. The fourth-order valence-electron chi connectivity index (χ4n) is 0.822. The highest BCUT2D eigenvalue weighted by Crippen LogP contribution is 1.93. The SMILES string of the molecule is CC(C)OC(C)C.CCOC(=O)OCC. The zero-order valence-electron chi connectivity index (χ0n) is 10.7. The summed E-state index contributed by atoms with van der Waals surface area (Å²) in [6, 6.07) is 0. The van der Waals surface area contributed by atoms with Gasteiger partial charge in [-0.3, -0.25) is 0 Å². The van der Waals surface area contributed by atoms with Crippen molar-refractivity contribution in [1.29, 1.82) is 0 Å². The van der Waals surface area contributed by atoms with Gasteiger partial charge in [-0.05, 0) is 41.5 Å². The van der Waals surface area contributed by atoms with E-state index in [4.69, 9.17) is 4.74 Å². The van der Waals surface area contributed by atoms with Crippen molar-refractivity contribution in [3.63, 3.8) is 0 Å². The molecule has 0 heterocycles. The van der Waals surface area contributed by atoms with Crippen molar-refractivity contribution in [2.75, 3.05) is 13.2 Å². The largest absolute Gasteiger partial charge is 0.508 e. The molecule has 4 nitrogen and oxygen atoms in total. The van der Waals surface area contributed by atoms with Gasteiger partial charge in [0.2, 0.25) is 0 Å². The summed E-state index contributed by atoms with van der Waals surface area (Å²) in [5, 5.41) is 0. The van der Waals surface area contributed by atoms with Crippen LogP contribution in [0.3, 0.4) is 0 Å². The summed E-state index contributed by atoms with van der Waals surface area (Å²) in [5.74, 6) is 0. The van der Waals surface area contributed by atoms with E-state index < -0.39 is 6.16 Å². The highest BCUT2D eigenvalue weighted by Gasteiger charge is 1.96. The summed E-state index contributed by atoms with van der Waals surface area (Å²) in [6.07, 6.45) is 0.162. The van der Waals surface area contributed by atoms with Crippen LogP contribution in [0.1, 0.15) is 41.5 Å². The first-order chi connectivity index (χ1) is 6.93. The first-order valence-corrected chi connectivity index (χ1v) is 5.38. The molecule has 0 N–H and O–H groups in total. The molecule has 0 aromatic carbocycles. The zero-order valence-corrected chi connectivity index (χ0v) is 10.7. The molecule has 0 atom stereocenters. The maximum atomic E-state index is 10.2. The van der Waals surface area contributed by atoms with Crippen LogP contribution in [0.15, 0.2) is 0 Å². The Morgan fingerprint density at radius 3 is 1.40 bits per heavy atom. The van der Waals surface area contributed by atoms with Crippen molar-refractivity contribution < 1.29 is 19.0 Å². The Kier molecular flexibility index (Phi) is 12.6. The Morgan fingerprint density at radius 2 is 1.27 bits per heavy atom. The van der Waals surface area contributed by atoms with Crippen molar-refractivity contribution in [1.82, 2.24) is 0 Å². The predicted molar refractivity (Wildman–Crippen MR) is 60.0 cm³/mol. The molecule has 0 aliphatic carbocycles. The minimum atomic E-state index is -0.588. The molecular formula is C11H24O4. The second-order valence-electron chi connectivity index (χ2n) is 3.35. The van der Waals surface area contributed by atoms with E-state index in [0.29, 0.717) is 25.4 Å². The monoisotopic (exact) mass is 220 g/mol. The number of hydrogen-bond donors (Lipinski definition) is 0. The highest BCUT2D eigenvalue weighted by molar-refractivity contribution is 5.59. The highest BCUT2D eigenvalue weighted by atomic mass is 16.7. The quantitative estimate of drug-likeness (QED) is 0.683. The molecule has 0 aliphatic rings. The molecule has 0 aliphatic heterocycles. The predicted octanol–water partition coefficient (Wildman–Crippen LogP) is 3.00. The van der Waals surface area contributed by atoms with Gasteiger partial charge in [-0.25, -0.2) is 4.79 Å². The van der Waals surface area contributed by atoms with Crippen molar-refractivity contribution in [2.24, 2.45) is 0 Å². The summed E-state index contributed by atoms with van der Waals surface area (Å²) in [7, 11) is 0. The summed E-state index contributed by atoms with van der Waals surface area (Å²) >= 11 is 0. The van der Waals surface area contributed by atoms with Crippen LogP contribution in [0.4, 0.5) is 4.79 Å². The van der Waals surface area contributed by atoms with Gasteiger partial charge in [-0.15, -0.1) is 0 Å². The number of carbonyl (C=O) groups excluding carboxylic acids is 1. The Balaban J connectivity index is 0. The van der Waals surface area contributed by atoms with E-state index in [1.165, 1.54) is 0 Å². The van der Waals surface area contributed by atoms with Gasteiger partial charge >= 0.3 is 6.16 Å². The molecule has 92 valence electrons. The first-order valence-electron chi connectivity index (χ1n) is 5.38. The van der Waals surface area contributed by atoms with Crippen molar-refractivity contribution >= 4 is 6.16 Å². The van der Waals surface area contributed by atoms with Crippen LogP contribution in [0.2, 0.25) is 0 Å². The van der Waals surface area contributed by atoms with E-state index in [-0.39, 0.29) is 0 Å². The average Bonchev–Trinajstić information content (AvgIpc) is 2.03. The summed E-state index contributed by atoms with van der Waals surface area (Å²) < 4.78 is 14.1. The molecule has 0 radical (unpaired) electrons. The number of rotatable bonds is 4. The van der Waals surface area contributed by atoms with E-state index >= 15 is 0 Å². The van der Waals surface area contributed by atoms with Crippen LogP contribution in [-0.4, -0.2) is 31.6 Å². The van der Waals surface area contributed by atoms with Gasteiger partial charge in [0.15, 0.2) is 0 Å². The standard InChI is InChI=1S/C6H14O.C5H10O3/c1-5(2)7-6(3)4;1-3-7-5(6)8-4-2/h5-6H,1-4H3;3-4H2,1-2H3. The number of carbonyl (C=O) groups is 1.